The van der Waals surface area contributed by atoms with Gasteiger partial charge in [0.05, 0.1) is 34.0 Å². The number of fused-ring (bicyclic) bond motifs is 4. The fourth-order valence-corrected chi connectivity index (χ4v) is 4.06. The van der Waals surface area contributed by atoms with Gasteiger partial charge in [0.1, 0.15) is 0 Å². The Morgan fingerprint density at radius 1 is 1.04 bits per heavy atom. The summed E-state index contributed by atoms with van der Waals surface area (Å²) < 4.78 is 16.9. The van der Waals surface area contributed by atoms with E-state index in [1.54, 1.807) is 14.2 Å². The van der Waals surface area contributed by atoms with Gasteiger partial charge in [-0.15, -0.1) is 0 Å². The Balaban J connectivity index is 1.91. The molecule has 1 aromatic carbocycles. The average Bonchev–Trinajstić information content (AvgIpc) is 2.73. The first-order valence-corrected chi connectivity index (χ1v) is 9.71. The maximum absolute atomic E-state index is 5.85. The van der Waals surface area contributed by atoms with Crippen LogP contribution in [-0.2, 0) is 16.0 Å². The fraction of sp³-hybridized carbons (Fsp3) is 0.409. The number of allylic oxidation sites excluding steroid dienone is 2. The molecule has 2 aromatic rings. The summed E-state index contributed by atoms with van der Waals surface area (Å²) in [7, 11) is 3.31. The van der Waals surface area contributed by atoms with Gasteiger partial charge in [-0.05, 0) is 55.4 Å². The van der Waals surface area contributed by atoms with E-state index in [9.17, 15) is 0 Å². The first-order chi connectivity index (χ1) is 13.7. The van der Waals surface area contributed by atoms with E-state index >= 15 is 0 Å². The Labute approximate surface area is 165 Å². The minimum absolute atomic E-state index is 0.582. The van der Waals surface area contributed by atoms with E-state index in [4.69, 9.17) is 24.0 Å². The molecule has 0 saturated heterocycles. The molecule has 0 N–H and O–H groups in total. The number of hydrogen-bond donors (Lipinski definition) is 0. The van der Waals surface area contributed by atoms with E-state index in [-0.39, 0.29) is 0 Å². The van der Waals surface area contributed by atoms with Gasteiger partial charge in [-0.3, -0.25) is 9.82 Å². The average molecular weight is 382 g/mol. The number of hydroxylamine groups is 2. The number of methoxy groups -OCH3 is 2. The van der Waals surface area contributed by atoms with E-state index in [2.05, 4.69) is 12.1 Å². The SMILES string of the molecule is CCOC1=CC2=C(CN1OCC)c1c(ncc3c(OC)c(OC)ccc13)CC2. The van der Waals surface area contributed by atoms with Crippen LogP contribution in [0, 0.1) is 0 Å². The van der Waals surface area contributed by atoms with Crippen LogP contribution in [0.2, 0.25) is 0 Å². The van der Waals surface area contributed by atoms with Gasteiger partial charge in [0.15, 0.2) is 11.5 Å². The zero-order valence-corrected chi connectivity index (χ0v) is 16.9. The van der Waals surface area contributed by atoms with Crippen LogP contribution < -0.4 is 9.47 Å². The summed E-state index contributed by atoms with van der Waals surface area (Å²) in [5.74, 6) is 2.20. The topological polar surface area (TPSA) is 53.1 Å². The molecule has 0 atom stereocenters. The van der Waals surface area contributed by atoms with E-state index in [0.29, 0.717) is 31.3 Å². The van der Waals surface area contributed by atoms with Gasteiger partial charge < -0.3 is 14.2 Å². The van der Waals surface area contributed by atoms with E-state index < -0.39 is 0 Å². The molecule has 0 spiro atoms. The normalized spacial score (nSPS) is 15.9. The standard InChI is InChI=1S/C22H26N2O4/c1-5-27-20-11-14-7-9-18-21(17(14)13-24(20)28-6-2)15-8-10-19(25-3)22(26-4)16(15)12-23-18/h8,10-12H,5-7,9,13H2,1-4H3. The van der Waals surface area contributed by atoms with Crippen molar-refractivity contribution in [1.29, 1.82) is 0 Å². The second-order valence-electron chi connectivity index (χ2n) is 6.72. The lowest BCUT2D eigenvalue weighted by atomic mass is 9.84. The maximum Gasteiger partial charge on any atom is 0.214 e. The lowest BCUT2D eigenvalue weighted by Gasteiger charge is -2.34. The van der Waals surface area contributed by atoms with Gasteiger partial charge in [-0.2, -0.15) is 0 Å². The first kappa shape index (κ1) is 18.6. The second kappa shape index (κ2) is 7.72. The van der Waals surface area contributed by atoms with Crippen LogP contribution >= 0.6 is 0 Å². The minimum Gasteiger partial charge on any atom is -0.493 e. The molecule has 0 amide bonds. The maximum atomic E-state index is 5.85. The Morgan fingerprint density at radius 2 is 1.89 bits per heavy atom. The molecule has 6 nitrogen and oxygen atoms in total. The largest absolute Gasteiger partial charge is 0.493 e. The summed E-state index contributed by atoms with van der Waals surface area (Å²) in [4.78, 5) is 10.6. The Morgan fingerprint density at radius 3 is 2.61 bits per heavy atom. The van der Waals surface area contributed by atoms with Crippen molar-refractivity contribution in [3.05, 3.63) is 47.1 Å². The van der Waals surface area contributed by atoms with E-state index in [1.165, 1.54) is 16.7 Å². The molecular weight excluding hydrogens is 356 g/mol. The van der Waals surface area contributed by atoms with Crippen molar-refractivity contribution in [2.45, 2.75) is 26.7 Å². The summed E-state index contributed by atoms with van der Waals surface area (Å²) in [5, 5.41) is 3.92. The highest BCUT2D eigenvalue weighted by Gasteiger charge is 2.29. The molecule has 6 heteroatoms. The van der Waals surface area contributed by atoms with Crippen LogP contribution in [0.25, 0.3) is 16.3 Å². The molecule has 2 aliphatic rings. The van der Waals surface area contributed by atoms with Crippen molar-refractivity contribution >= 4 is 16.3 Å². The molecule has 1 aliphatic heterocycles. The summed E-state index contributed by atoms with van der Waals surface area (Å²) in [6.07, 6.45) is 5.86. The molecule has 0 bridgehead atoms. The van der Waals surface area contributed by atoms with Gasteiger partial charge in [-0.1, -0.05) is 0 Å². The van der Waals surface area contributed by atoms with Crippen LogP contribution in [0.3, 0.4) is 0 Å². The molecule has 148 valence electrons. The molecule has 1 aliphatic carbocycles. The van der Waals surface area contributed by atoms with Gasteiger partial charge in [0, 0.05) is 28.9 Å². The third kappa shape index (κ3) is 2.98. The third-order valence-electron chi connectivity index (χ3n) is 5.23. The summed E-state index contributed by atoms with van der Waals surface area (Å²) >= 11 is 0. The zero-order chi connectivity index (χ0) is 19.7. The molecule has 4 rings (SSSR count). The van der Waals surface area contributed by atoms with Crippen LogP contribution in [0.15, 0.2) is 35.9 Å². The summed E-state index contributed by atoms with van der Waals surface area (Å²) in [6.45, 7) is 5.80. The van der Waals surface area contributed by atoms with Crippen molar-refractivity contribution in [3.63, 3.8) is 0 Å². The predicted octanol–water partition coefficient (Wildman–Crippen LogP) is 4.10. The lowest BCUT2D eigenvalue weighted by Crippen LogP contribution is -2.31. The molecule has 0 fully saturated rings. The van der Waals surface area contributed by atoms with E-state index in [1.807, 2.05) is 31.2 Å². The number of nitrogens with zero attached hydrogens (tertiary/aromatic N) is 2. The number of ether oxygens (including phenoxy) is 3. The second-order valence-corrected chi connectivity index (χ2v) is 6.72. The van der Waals surface area contributed by atoms with Crippen LogP contribution in [0.5, 0.6) is 11.5 Å². The Kier molecular flexibility index (Phi) is 5.13. The van der Waals surface area contributed by atoms with Gasteiger partial charge in [0.25, 0.3) is 0 Å². The molecule has 0 unspecified atom stereocenters. The zero-order valence-electron chi connectivity index (χ0n) is 16.9. The van der Waals surface area contributed by atoms with Crippen molar-refractivity contribution in [1.82, 2.24) is 10.0 Å². The number of aromatic nitrogens is 1. The van der Waals surface area contributed by atoms with Crippen LogP contribution in [-0.4, -0.2) is 44.0 Å². The van der Waals surface area contributed by atoms with Crippen LogP contribution in [0.4, 0.5) is 0 Å². The van der Waals surface area contributed by atoms with Gasteiger partial charge in [-0.25, -0.2) is 5.06 Å². The summed E-state index contributed by atoms with van der Waals surface area (Å²) in [6, 6.07) is 4.06. The van der Waals surface area contributed by atoms with Crippen molar-refractivity contribution in [3.8, 4) is 11.5 Å². The molecule has 0 saturated carbocycles. The number of hydrogen-bond acceptors (Lipinski definition) is 6. The number of aryl methyl sites for hydroxylation is 1. The van der Waals surface area contributed by atoms with Crippen molar-refractivity contribution < 1.29 is 19.0 Å². The summed E-state index contributed by atoms with van der Waals surface area (Å²) in [5.41, 5.74) is 4.82. The van der Waals surface area contributed by atoms with Crippen molar-refractivity contribution in [2.75, 3.05) is 34.0 Å². The quantitative estimate of drug-likeness (QED) is 0.750. The Bertz CT molecular complexity index is 965. The highest BCUT2D eigenvalue weighted by atomic mass is 16.7. The highest BCUT2D eigenvalue weighted by molar-refractivity contribution is 6.00. The first-order valence-electron chi connectivity index (χ1n) is 9.71. The van der Waals surface area contributed by atoms with Gasteiger partial charge >= 0.3 is 0 Å². The third-order valence-corrected chi connectivity index (χ3v) is 5.23. The Hall–Kier alpha value is -2.73. The molecule has 2 heterocycles. The number of rotatable bonds is 6. The predicted molar refractivity (Wildman–Crippen MR) is 108 cm³/mol. The highest BCUT2D eigenvalue weighted by Crippen LogP contribution is 2.43. The smallest absolute Gasteiger partial charge is 0.214 e. The van der Waals surface area contributed by atoms with Crippen molar-refractivity contribution in [2.24, 2.45) is 0 Å². The number of pyridine rings is 1. The van der Waals surface area contributed by atoms with E-state index in [0.717, 1.165) is 35.2 Å². The molecule has 28 heavy (non-hydrogen) atoms. The van der Waals surface area contributed by atoms with Gasteiger partial charge in [0.2, 0.25) is 5.88 Å². The minimum atomic E-state index is 0.582. The monoisotopic (exact) mass is 382 g/mol. The fourth-order valence-electron chi connectivity index (χ4n) is 4.06. The number of benzene rings is 1. The lowest BCUT2D eigenvalue weighted by molar-refractivity contribution is -0.154. The van der Waals surface area contributed by atoms with Crippen LogP contribution in [0.1, 0.15) is 31.5 Å². The molecular formula is C22H26N2O4. The molecule has 1 aromatic heterocycles. The molecule has 0 radical (unpaired) electrons.